The van der Waals surface area contributed by atoms with E-state index in [4.69, 9.17) is 0 Å². The molecule has 0 heterocycles. The Balaban J connectivity index is 3.06. The molecule has 0 saturated heterocycles. The standard InChI is InChI=1S/C16H28/c1-3-5-7-9-11-13-15-16-14-12-10-8-6-4-2/h3-4,6,14,16H,1,5,7-13,15H2,2H3. The number of hydrogen-bond donors (Lipinski definition) is 0. The third-order valence-electron chi connectivity index (χ3n) is 2.67. The zero-order chi connectivity index (χ0) is 11.9. The highest BCUT2D eigenvalue weighted by Gasteiger charge is 1.87. The molecule has 0 aromatic heterocycles. The maximum absolute atomic E-state index is 3.73. The topological polar surface area (TPSA) is 0 Å². The molecule has 0 nitrogen and oxygen atoms in total. The molecule has 0 fully saturated rings. The molecule has 0 atom stereocenters. The fourth-order valence-corrected chi connectivity index (χ4v) is 1.66. The molecule has 0 aromatic rings. The van der Waals surface area contributed by atoms with Crippen LogP contribution >= 0.6 is 0 Å². The van der Waals surface area contributed by atoms with Gasteiger partial charge in [-0.05, 0) is 51.9 Å². The lowest BCUT2D eigenvalue weighted by atomic mass is 10.1. The molecular weight excluding hydrogens is 192 g/mol. The smallest absolute Gasteiger partial charge is 0.0348 e. The summed E-state index contributed by atoms with van der Waals surface area (Å²) in [6, 6.07) is 0. The van der Waals surface area contributed by atoms with Crippen LogP contribution in [0, 0.1) is 0 Å². The molecule has 0 N–H and O–H groups in total. The van der Waals surface area contributed by atoms with Crippen LogP contribution in [0.4, 0.5) is 0 Å². The Labute approximate surface area is 102 Å². The van der Waals surface area contributed by atoms with Crippen molar-refractivity contribution in [3.63, 3.8) is 0 Å². The Morgan fingerprint density at radius 2 is 1.25 bits per heavy atom. The SMILES string of the molecule is C=CCCCCCCC=CCCCC=CC. The third kappa shape index (κ3) is 13.2. The summed E-state index contributed by atoms with van der Waals surface area (Å²) >= 11 is 0. The summed E-state index contributed by atoms with van der Waals surface area (Å²) in [5.41, 5.74) is 0. The molecule has 0 saturated carbocycles. The van der Waals surface area contributed by atoms with E-state index >= 15 is 0 Å². The van der Waals surface area contributed by atoms with Crippen LogP contribution in [0.1, 0.15) is 64.7 Å². The highest BCUT2D eigenvalue weighted by Crippen LogP contribution is 2.06. The molecule has 0 aliphatic carbocycles. The van der Waals surface area contributed by atoms with Gasteiger partial charge in [0.25, 0.3) is 0 Å². The molecule has 0 aromatic carbocycles. The summed E-state index contributed by atoms with van der Waals surface area (Å²) in [7, 11) is 0. The summed E-state index contributed by atoms with van der Waals surface area (Å²) in [4.78, 5) is 0. The number of allylic oxidation sites excluding steroid dienone is 5. The van der Waals surface area contributed by atoms with Gasteiger partial charge in [0.2, 0.25) is 0 Å². The van der Waals surface area contributed by atoms with E-state index in [1.165, 1.54) is 57.8 Å². The average molecular weight is 220 g/mol. The van der Waals surface area contributed by atoms with E-state index in [-0.39, 0.29) is 0 Å². The summed E-state index contributed by atoms with van der Waals surface area (Å²) in [5.74, 6) is 0. The first-order valence-corrected chi connectivity index (χ1v) is 6.79. The van der Waals surface area contributed by atoms with E-state index in [0.29, 0.717) is 0 Å². The molecule has 0 bridgehead atoms. The lowest BCUT2D eigenvalue weighted by Crippen LogP contribution is -1.76. The van der Waals surface area contributed by atoms with Crippen molar-refractivity contribution >= 4 is 0 Å². The van der Waals surface area contributed by atoms with E-state index in [1.54, 1.807) is 0 Å². The number of rotatable bonds is 11. The molecule has 0 unspecified atom stereocenters. The van der Waals surface area contributed by atoms with Crippen molar-refractivity contribution in [2.75, 3.05) is 0 Å². The van der Waals surface area contributed by atoms with Crippen LogP contribution in [0.3, 0.4) is 0 Å². The monoisotopic (exact) mass is 220 g/mol. The van der Waals surface area contributed by atoms with Crippen molar-refractivity contribution < 1.29 is 0 Å². The molecule has 0 aliphatic heterocycles. The molecule has 16 heavy (non-hydrogen) atoms. The van der Waals surface area contributed by atoms with Gasteiger partial charge in [0, 0.05) is 0 Å². The summed E-state index contributed by atoms with van der Waals surface area (Å²) in [6.07, 6.45) is 22.7. The van der Waals surface area contributed by atoms with Gasteiger partial charge in [0.1, 0.15) is 0 Å². The Morgan fingerprint density at radius 1 is 0.688 bits per heavy atom. The van der Waals surface area contributed by atoms with Gasteiger partial charge in [0.05, 0.1) is 0 Å². The maximum atomic E-state index is 3.73. The second kappa shape index (κ2) is 14.2. The van der Waals surface area contributed by atoms with Gasteiger partial charge in [-0.25, -0.2) is 0 Å². The van der Waals surface area contributed by atoms with Gasteiger partial charge in [-0.3, -0.25) is 0 Å². The quantitative estimate of drug-likeness (QED) is 0.304. The van der Waals surface area contributed by atoms with Crippen molar-refractivity contribution in [2.45, 2.75) is 64.7 Å². The van der Waals surface area contributed by atoms with Crippen molar-refractivity contribution in [3.8, 4) is 0 Å². The van der Waals surface area contributed by atoms with Gasteiger partial charge in [-0.2, -0.15) is 0 Å². The fourth-order valence-electron chi connectivity index (χ4n) is 1.66. The highest BCUT2D eigenvalue weighted by molar-refractivity contribution is 4.83. The van der Waals surface area contributed by atoms with Crippen LogP contribution in [0.5, 0.6) is 0 Å². The Morgan fingerprint density at radius 3 is 1.88 bits per heavy atom. The lowest BCUT2D eigenvalue weighted by Gasteiger charge is -1.96. The maximum Gasteiger partial charge on any atom is -0.0348 e. The second-order valence-electron chi connectivity index (χ2n) is 4.25. The Kier molecular flexibility index (Phi) is 13.5. The van der Waals surface area contributed by atoms with Crippen LogP contribution in [0.25, 0.3) is 0 Å². The first-order chi connectivity index (χ1) is 7.91. The van der Waals surface area contributed by atoms with Gasteiger partial charge >= 0.3 is 0 Å². The van der Waals surface area contributed by atoms with Gasteiger partial charge in [0.15, 0.2) is 0 Å². The van der Waals surface area contributed by atoms with E-state index in [0.717, 1.165) is 0 Å². The minimum absolute atomic E-state index is 1.18. The molecule has 92 valence electrons. The number of hydrogen-bond acceptors (Lipinski definition) is 0. The fraction of sp³-hybridized carbons (Fsp3) is 0.625. The molecule has 0 radical (unpaired) electrons. The highest BCUT2D eigenvalue weighted by atomic mass is 13.9. The minimum Gasteiger partial charge on any atom is -0.103 e. The van der Waals surface area contributed by atoms with E-state index in [9.17, 15) is 0 Å². The van der Waals surface area contributed by atoms with Gasteiger partial charge in [-0.1, -0.05) is 43.2 Å². The average Bonchev–Trinajstić information content (AvgIpc) is 2.31. The zero-order valence-corrected chi connectivity index (χ0v) is 11.0. The molecule has 0 heteroatoms. The first-order valence-electron chi connectivity index (χ1n) is 6.79. The first kappa shape index (κ1) is 15.2. The molecule has 0 spiro atoms. The summed E-state index contributed by atoms with van der Waals surface area (Å²) in [6.45, 7) is 5.82. The normalized spacial score (nSPS) is 11.6. The molecule has 0 amide bonds. The summed E-state index contributed by atoms with van der Waals surface area (Å²) < 4.78 is 0. The van der Waals surface area contributed by atoms with E-state index in [1.807, 2.05) is 6.08 Å². The molecule has 0 rings (SSSR count). The second-order valence-corrected chi connectivity index (χ2v) is 4.25. The molecule has 0 aliphatic rings. The Bertz CT molecular complexity index is 186. The van der Waals surface area contributed by atoms with Crippen LogP contribution in [0.2, 0.25) is 0 Å². The minimum atomic E-state index is 1.18. The predicted molar refractivity (Wildman–Crippen MR) is 75.7 cm³/mol. The van der Waals surface area contributed by atoms with E-state index in [2.05, 4.69) is 37.8 Å². The summed E-state index contributed by atoms with van der Waals surface area (Å²) in [5, 5.41) is 0. The van der Waals surface area contributed by atoms with Crippen LogP contribution in [-0.4, -0.2) is 0 Å². The predicted octanol–water partition coefficient (Wildman–Crippen LogP) is 5.82. The van der Waals surface area contributed by atoms with Crippen LogP contribution in [-0.2, 0) is 0 Å². The molecular formula is C16H28. The van der Waals surface area contributed by atoms with Crippen LogP contribution in [0.15, 0.2) is 37.0 Å². The van der Waals surface area contributed by atoms with Crippen LogP contribution < -0.4 is 0 Å². The zero-order valence-electron chi connectivity index (χ0n) is 11.0. The van der Waals surface area contributed by atoms with Crippen molar-refractivity contribution in [1.29, 1.82) is 0 Å². The van der Waals surface area contributed by atoms with Gasteiger partial charge in [-0.15, -0.1) is 6.58 Å². The largest absolute Gasteiger partial charge is 0.103 e. The van der Waals surface area contributed by atoms with E-state index < -0.39 is 0 Å². The van der Waals surface area contributed by atoms with Crippen molar-refractivity contribution in [1.82, 2.24) is 0 Å². The third-order valence-corrected chi connectivity index (χ3v) is 2.67. The van der Waals surface area contributed by atoms with Crippen molar-refractivity contribution in [3.05, 3.63) is 37.0 Å². The number of unbranched alkanes of at least 4 members (excludes halogenated alkanes) is 7. The van der Waals surface area contributed by atoms with Gasteiger partial charge < -0.3 is 0 Å². The lowest BCUT2D eigenvalue weighted by molar-refractivity contribution is 0.652. The van der Waals surface area contributed by atoms with Crippen molar-refractivity contribution in [2.24, 2.45) is 0 Å². The Hall–Kier alpha value is -0.780.